The normalized spacial score (nSPS) is 11.9. The van der Waals surface area contributed by atoms with E-state index in [4.69, 9.17) is 9.97 Å². The lowest BCUT2D eigenvalue weighted by Crippen LogP contribution is -2.03. The van der Waals surface area contributed by atoms with E-state index in [-0.39, 0.29) is 0 Å². The highest BCUT2D eigenvalue weighted by molar-refractivity contribution is 6.11. The Balaban J connectivity index is 1.17. The maximum atomic E-state index is 5.35. The molecule has 11 rings (SSSR count). The Bertz CT molecular complexity index is 3050. The van der Waals surface area contributed by atoms with Crippen LogP contribution >= 0.6 is 0 Å². The Hall–Kier alpha value is -6.98. The number of benzene rings is 7. The van der Waals surface area contributed by atoms with E-state index in [2.05, 4.69) is 184 Å². The van der Waals surface area contributed by atoms with Crippen molar-refractivity contribution in [3.05, 3.63) is 176 Å². The minimum Gasteiger partial charge on any atom is -0.309 e. The highest BCUT2D eigenvalue weighted by Gasteiger charge is 2.21. The van der Waals surface area contributed by atoms with E-state index in [1.807, 2.05) is 6.20 Å². The number of rotatable bonds is 4. The van der Waals surface area contributed by atoms with E-state index in [9.17, 15) is 0 Å². The quantitative estimate of drug-likeness (QED) is 0.190. The summed E-state index contributed by atoms with van der Waals surface area (Å²) in [6, 6.07) is 60.4. The first kappa shape index (κ1) is 27.9. The van der Waals surface area contributed by atoms with Gasteiger partial charge in [0.05, 0.1) is 50.7 Å². The van der Waals surface area contributed by atoms with Crippen LogP contribution in [0.3, 0.4) is 0 Å². The van der Waals surface area contributed by atoms with Crippen molar-refractivity contribution >= 4 is 65.5 Å². The number of fused-ring (bicyclic) bond motifs is 9. The summed E-state index contributed by atoms with van der Waals surface area (Å²) in [5, 5.41) is 5.96. The Morgan fingerprint density at radius 1 is 0.314 bits per heavy atom. The van der Waals surface area contributed by atoms with Crippen molar-refractivity contribution in [1.82, 2.24) is 23.7 Å². The first-order chi connectivity index (χ1) is 25.3. The van der Waals surface area contributed by atoms with Gasteiger partial charge in [-0.15, -0.1) is 0 Å². The monoisotopic (exact) mass is 651 g/mol. The largest absolute Gasteiger partial charge is 0.309 e. The third-order valence-electron chi connectivity index (χ3n) is 10.3. The van der Waals surface area contributed by atoms with Crippen LogP contribution in [0.15, 0.2) is 176 Å². The number of hydrogen-bond donors (Lipinski definition) is 0. The Labute approximate surface area is 292 Å². The molecular weight excluding hydrogens is 623 g/mol. The van der Waals surface area contributed by atoms with Crippen LogP contribution in [0.2, 0.25) is 0 Å². The van der Waals surface area contributed by atoms with Crippen LogP contribution in [-0.4, -0.2) is 23.7 Å². The van der Waals surface area contributed by atoms with Crippen LogP contribution in [-0.2, 0) is 0 Å². The first-order valence-corrected chi connectivity index (χ1v) is 17.3. The zero-order chi connectivity index (χ0) is 33.5. The molecule has 4 heterocycles. The average Bonchev–Trinajstić information content (AvgIpc) is 3.83. The summed E-state index contributed by atoms with van der Waals surface area (Å²) < 4.78 is 6.92. The van der Waals surface area contributed by atoms with Crippen LogP contribution in [0.1, 0.15) is 0 Å². The molecule has 0 aliphatic rings. The third-order valence-corrected chi connectivity index (χ3v) is 10.3. The molecule has 238 valence electrons. The van der Waals surface area contributed by atoms with Gasteiger partial charge >= 0.3 is 0 Å². The smallest absolute Gasteiger partial charge is 0.235 e. The summed E-state index contributed by atoms with van der Waals surface area (Å²) in [7, 11) is 0. The van der Waals surface area contributed by atoms with Crippen molar-refractivity contribution in [2.75, 3.05) is 0 Å². The SMILES string of the molecule is c1ccc(-n2c3ccccc3c3ccccc32)c(-c2ccccc2-n2c3ccccc3c3nc(-n4c5ccccc5c5ccccc54)ncc32)c1. The molecule has 0 aliphatic carbocycles. The predicted molar refractivity (Wildman–Crippen MR) is 210 cm³/mol. The second kappa shape index (κ2) is 10.8. The Morgan fingerprint density at radius 3 is 1.16 bits per heavy atom. The van der Waals surface area contributed by atoms with Crippen molar-refractivity contribution in [1.29, 1.82) is 0 Å². The molecule has 11 aromatic rings. The van der Waals surface area contributed by atoms with Crippen molar-refractivity contribution in [3.8, 4) is 28.5 Å². The van der Waals surface area contributed by atoms with Gasteiger partial charge in [0, 0.05) is 38.1 Å². The van der Waals surface area contributed by atoms with Gasteiger partial charge in [0.25, 0.3) is 0 Å². The fraction of sp³-hybridized carbons (Fsp3) is 0. The van der Waals surface area contributed by atoms with E-state index < -0.39 is 0 Å². The summed E-state index contributed by atoms with van der Waals surface area (Å²) >= 11 is 0. The minimum atomic E-state index is 0.660. The molecule has 7 aromatic carbocycles. The van der Waals surface area contributed by atoms with Gasteiger partial charge in [0.2, 0.25) is 5.95 Å². The topological polar surface area (TPSA) is 40.6 Å². The molecule has 0 aliphatic heterocycles. The van der Waals surface area contributed by atoms with Gasteiger partial charge in [-0.1, -0.05) is 127 Å². The second-order valence-electron chi connectivity index (χ2n) is 13.0. The van der Waals surface area contributed by atoms with E-state index >= 15 is 0 Å². The van der Waals surface area contributed by atoms with E-state index in [1.54, 1.807) is 0 Å². The lowest BCUT2D eigenvalue weighted by molar-refractivity contribution is 1.01. The summed E-state index contributed by atoms with van der Waals surface area (Å²) in [5.41, 5.74) is 12.0. The molecule has 0 spiro atoms. The van der Waals surface area contributed by atoms with E-state index in [0.29, 0.717) is 5.95 Å². The van der Waals surface area contributed by atoms with Crippen LogP contribution in [0, 0.1) is 0 Å². The number of nitrogens with zero attached hydrogens (tertiary/aromatic N) is 5. The van der Waals surface area contributed by atoms with Gasteiger partial charge in [-0.05, 0) is 42.5 Å². The van der Waals surface area contributed by atoms with Crippen molar-refractivity contribution in [2.24, 2.45) is 0 Å². The van der Waals surface area contributed by atoms with Crippen LogP contribution < -0.4 is 0 Å². The van der Waals surface area contributed by atoms with Gasteiger partial charge in [-0.25, -0.2) is 9.97 Å². The number of hydrogen-bond acceptors (Lipinski definition) is 2. The van der Waals surface area contributed by atoms with Gasteiger partial charge in [0.15, 0.2) is 0 Å². The van der Waals surface area contributed by atoms with Gasteiger partial charge in [-0.2, -0.15) is 0 Å². The average molecular weight is 652 g/mol. The van der Waals surface area contributed by atoms with Crippen molar-refractivity contribution < 1.29 is 0 Å². The Kier molecular flexibility index (Phi) is 5.89. The summed E-state index contributed by atoms with van der Waals surface area (Å²) in [6.07, 6.45) is 2.00. The molecule has 51 heavy (non-hydrogen) atoms. The Morgan fingerprint density at radius 2 is 0.667 bits per heavy atom. The molecule has 4 aromatic heterocycles. The zero-order valence-electron chi connectivity index (χ0n) is 27.5. The first-order valence-electron chi connectivity index (χ1n) is 17.3. The second-order valence-corrected chi connectivity index (χ2v) is 13.0. The van der Waals surface area contributed by atoms with E-state index in [1.165, 1.54) is 32.6 Å². The lowest BCUT2D eigenvalue weighted by Gasteiger charge is -2.18. The summed E-state index contributed by atoms with van der Waals surface area (Å²) in [4.78, 5) is 10.4. The predicted octanol–water partition coefficient (Wildman–Crippen LogP) is 11.4. The molecule has 0 fully saturated rings. The maximum Gasteiger partial charge on any atom is 0.235 e. The van der Waals surface area contributed by atoms with Crippen molar-refractivity contribution in [2.45, 2.75) is 0 Å². The van der Waals surface area contributed by atoms with Gasteiger partial charge in [-0.3, -0.25) is 4.57 Å². The molecule has 0 saturated heterocycles. The van der Waals surface area contributed by atoms with E-state index in [0.717, 1.165) is 55.5 Å². The zero-order valence-corrected chi connectivity index (χ0v) is 27.5. The van der Waals surface area contributed by atoms with Gasteiger partial charge < -0.3 is 9.13 Å². The molecule has 0 amide bonds. The molecule has 0 bridgehead atoms. The fourth-order valence-corrected chi connectivity index (χ4v) is 8.21. The molecular formula is C46H29N5. The van der Waals surface area contributed by atoms with Crippen LogP contribution in [0.4, 0.5) is 0 Å². The highest BCUT2D eigenvalue weighted by atomic mass is 15.2. The molecule has 0 radical (unpaired) electrons. The fourth-order valence-electron chi connectivity index (χ4n) is 8.21. The highest BCUT2D eigenvalue weighted by Crippen LogP contribution is 2.40. The molecule has 0 atom stereocenters. The van der Waals surface area contributed by atoms with Crippen molar-refractivity contribution in [3.63, 3.8) is 0 Å². The van der Waals surface area contributed by atoms with Gasteiger partial charge in [0.1, 0.15) is 5.52 Å². The molecule has 0 unspecified atom stereocenters. The van der Waals surface area contributed by atoms with Crippen LogP contribution in [0.25, 0.3) is 94.0 Å². The maximum absolute atomic E-state index is 5.35. The lowest BCUT2D eigenvalue weighted by atomic mass is 10.0. The van der Waals surface area contributed by atoms with Crippen LogP contribution in [0.5, 0.6) is 0 Å². The molecule has 0 N–H and O–H groups in total. The molecule has 0 saturated carbocycles. The summed E-state index contributed by atoms with van der Waals surface area (Å²) in [6.45, 7) is 0. The third kappa shape index (κ3) is 3.97. The molecule has 5 nitrogen and oxygen atoms in total. The molecule has 5 heteroatoms. The minimum absolute atomic E-state index is 0.660. The number of para-hydroxylation sites is 7. The standard InChI is InChI=1S/C46H29N5/c1-8-22-37-30(15-1)31-16-2-9-23-38(31)49(37)39-24-10-3-17-32(39)33-18-4-11-25-40(33)50-43-28-14-7-21-36(43)45-44(50)29-47-46(48-45)51-41-26-12-5-19-34(41)35-20-6-13-27-42(35)51/h1-29H. The summed E-state index contributed by atoms with van der Waals surface area (Å²) in [5.74, 6) is 0.660. The number of aromatic nitrogens is 5.